The lowest BCUT2D eigenvalue weighted by Crippen LogP contribution is -2.40. The first kappa shape index (κ1) is 25.9. The zero-order valence-corrected chi connectivity index (χ0v) is 23.3. The Morgan fingerprint density at radius 2 is 1.76 bits per heavy atom. The average molecular weight is 590 g/mol. The Bertz CT molecular complexity index is 1690. The number of carbonyl (C=O) groups is 1. The van der Waals surface area contributed by atoms with E-state index < -0.39 is 12.0 Å². The molecule has 0 amide bonds. The molecule has 1 aliphatic heterocycles. The average Bonchev–Trinajstić information content (AvgIpc) is 3.26. The third-order valence-corrected chi connectivity index (χ3v) is 7.79. The Morgan fingerprint density at radius 3 is 2.47 bits per heavy atom. The number of aromatic nitrogens is 1. The Hall–Kier alpha value is -3.75. The van der Waals surface area contributed by atoms with Gasteiger partial charge in [0.2, 0.25) is 0 Å². The lowest BCUT2D eigenvalue weighted by Gasteiger charge is -2.25. The highest BCUT2D eigenvalue weighted by Crippen LogP contribution is 2.31. The van der Waals surface area contributed by atoms with Gasteiger partial charge < -0.3 is 9.47 Å². The van der Waals surface area contributed by atoms with E-state index in [9.17, 15) is 9.59 Å². The summed E-state index contributed by atoms with van der Waals surface area (Å²) in [6.07, 6.45) is 2.36. The van der Waals surface area contributed by atoms with E-state index in [0.29, 0.717) is 39.4 Å². The lowest BCUT2D eigenvalue weighted by atomic mass is 9.95. The summed E-state index contributed by atoms with van der Waals surface area (Å²) in [6.45, 7) is 2.34. The van der Waals surface area contributed by atoms with E-state index in [0.717, 1.165) is 21.2 Å². The highest BCUT2D eigenvalue weighted by Gasteiger charge is 2.33. The summed E-state index contributed by atoms with van der Waals surface area (Å²) in [5.74, 6) is 0.186. The first-order valence-corrected chi connectivity index (χ1v) is 13.8. The van der Waals surface area contributed by atoms with Crippen molar-refractivity contribution in [3.05, 3.63) is 131 Å². The number of hydrogen-bond donors (Lipinski definition) is 0. The van der Waals surface area contributed by atoms with E-state index >= 15 is 0 Å². The van der Waals surface area contributed by atoms with Gasteiger partial charge in [0.15, 0.2) is 4.80 Å². The summed E-state index contributed by atoms with van der Waals surface area (Å²) in [5, 5.41) is 0. The predicted molar refractivity (Wildman–Crippen MR) is 152 cm³/mol. The molecule has 0 bridgehead atoms. The molecule has 6 nitrogen and oxygen atoms in total. The summed E-state index contributed by atoms with van der Waals surface area (Å²) < 4.78 is 14.4. The van der Waals surface area contributed by atoms with Gasteiger partial charge in [-0.05, 0) is 41.8 Å². The van der Waals surface area contributed by atoms with Gasteiger partial charge in [0.1, 0.15) is 12.4 Å². The number of ether oxygens (including phenoxy) is 2. The first-order valence-electron chi connectivity index (χ1n) is 12.1. The van der Waals surface area contributed by atoms with Gasteiger partial charge in [0.05, 0.1) is 29.0 Å². The van der Waals surface area contributed by atoms with E-state index in [4.69, 9.17) is 14.5 Å². The van der Waals surface area contributed by atoms with Crippen molar-refractivity contribution >= 4 is 39.3 Å². The molecule has 192 valence electrons. The van der Waals surface area contributed by atoms with Crippen LogP contribution in [0.1, 0.15) is 36.1 Å². The highest BCUT2D eigenvalue weighted by atomic mass is 79.9. The van der Waals surface area contributed by atoms with E-state index in [2.05, 4.69) is 15.9 Å². The molecule has 4 aromatic rings. The molecule has 1 aliphatic rings. The quantitative estimate of drug-likeness (QED) is 0.280. The Morgan fingerprint density at radius 1 is 1.05 bits per heavy atom. The number of benzene rings is 3. The third kappa shape index (κ3) is 5.14. The zero-order valence-electron chi connectivity index (χ0n) is 20.9. The Labute approximate surface area is 232 Å². The smallest absolute Gasteiger partial charge is 0.338 e. The number of para-hydroxylation sites is 1. The summed E-state index contributed by atoms with van der Waals surface area (Å²) >= 11 is 4.75. The van der Waals surface area contributed by atoms with Crippen LogP contribution in [0.15, 0.2) is 104 Å². The SMILES string of the molecule is CCC1=C(C(=O)OC)[C@H](c2ccccc2)n2c(s/c(=C\c3ccccc3OCc3ccc(Br)cc3)c2=O)=N1. The molecule has 0 saturated heterocycles. The van der Waals surface area contributed by atoms with Gasteiger partial charge in [-0.15, -0.1) is 0 Å². The number of allylic oxidation sites excluding steroid dienone is 1. The number of fused-ring (bicyclic) bond motifs is 1. The van der Waals surface area contributed by atoms with Crippen molar-refractivity contribution in [2.24, 2.45) is 4.99 Å². The number of esters is 1. The summed E-state index contributed by atoms with van der Waals surface area (Å²) in [7, 11) is 1.35. The fraction of sp³-hybridized carbons (Fsp3) is 0.167. The fourth-order valence-corrected chi connectivity index (χ4v) is 5.70. The third-order valence-electron chi connectivity index (χ3n) is 6.28. The second kappa shape index (κ2) is 11.3. The molecule has 8 heteroatoms. The number of halogens is 1. The largest absolute Gasteiger partial charge is 0.488 e. The Kier molecular flexibility index (Phi) is 7.72. The minimum Gasteiger partial charge on any atom is -0.488 e. The van der Waals surface area contributed by atoms with Crippen LogP contribution < -0.4 is 19.6 Å². The van der Waals surface area contributed by atoms with Crippen LogP contribution in [0.5, 0.6) is 5.75 Å². The second-order valence-corrected chi connectivity index (χ2v) is 10.6. The van der Waals surface area contributed by atoms with Crippen molar-refractivity contribution in [3.63, 3.8) is 0 Å². The normalized spacial score (nSPS) is 15.1. The molecule has 5 rings (SSSR count). The van der Waals surface area contributed by atoms with Crippen LogP contribution in [0.25, 0.3) is 6.08 Å². The van der Waals surface area contributed by atoms with Crippen molar-refractivity contribution in [3.8, 4) is 5.75 Å². The highest BCUT2D eigenvalue weighted by molar-refractivity contribution is 9.10. The van der Waals surface area contributed by atoms with Gasteiger partial charge in [0, 0.05) is 10.0 Å². The second-order valence-electron chi connectivity index (χ2n) is 8.65. The monoisotopic (exact) mass is 588 g/mol. The Balaban J connectivity index is 1.60. The number of methoxy groups -OCH3 is 1. The number of rotatable bonds is 7. The summed E-state index contributed by atoms with van der Waals surface area (Å²) in [4.78, 5) is 32.0. The van der Waals surface area contributed by atoms with Gasteiger partial charge in [0.25, 0.3) is 5.56 Å². The van der Waals surface area contributed by atoms with Gasteiger partial charge in [-0.2, -0.15) is 0 Å². The van der Waals surface area contributed by atoms with Crippen molar-refractivity contribution in [1.29, 1.82) is 0 Å². The lowest BCUT2D eigenvalue weighted by molar-refractivity contribution is -0.136. The van der Waals surface area contributed by atoms with Crippen LogP contribution >= 0.6 is 27.3 Å². The zero-order chi connectivity index (χ0) is 26.6. The van der Waals surface area contributed by atoms with Gasteiger partial charge in [-0.3, -0.25) is 9.36 Å². The van der Waals surface area contributed by atoms with Crippen LogP contribution in [0.4, 0.5) is 0 Å². The summed E-state index contributed by atoms with van der Waals surface area (Å²) in [5.41, 5.74) is 3.43. The summed E-state index contributed by atoms with van der Waals surface area (Å²) in [6, 6.07) is 24.5. The fourth-order valence-electron chi connectivity index (χ4n) is 4.43. The van der Waals surface area contributed by atoms with E-state index in [-0.39, 0.29) is 5.56 Å². The molecular weight excluding hydrogens is 564 g/mol. The number of nitrogens with zero attached hydrogens (tertiary/aromatic N) is 2. The topological polar surface area (TPSA) is 69.9 Å². The molecule has 2 heterocycles. The van der Waals surface area contributed by atoms with Crippen LogP contribution in [0.2, 0.25) is 0 Å². The van der Waals surface area contributed by atoms with E-state index in [1.165, 1.54) is 18.4 Å². The molecule has 0 aliphatic carbocycles. The van der Waals surface area contributed by atoms with Crippen molar-refractivity contribution in [2.75, 3.05) is 7.11 Å². The van der Waals surface area contributed by atoms with Gasteiger partial charge in [-0.25, -0.2) is 9.79 Å². The standard InChI is InChI=1S/C30H25BrN2O4S/c1-3-23-26(29(35)36-2)27(20-9-5-4-6-10-20)33-28(34)25(38-30(33)32-23)17-21-11-7-8-12-24(21)37-18-19-13-15-22(31)16-14-19/h4-17,27H,3,18H2,1-2H3/b25-17-/t27-/m0/s1. The maximum Gasteiger partial charge on any atom is 0.338 e. The van der Waals surface area contributed by atoms with Crippen molar-refractivity contribution in [1.82, 2.24) is 4.57 Å². The van der Waals surface area contributed by atoms with Gasteiger partial charge in [-0.1, -0.05) is 94.9 Å². The maximum atomic E-state index is 13.8. The molecule has 3 aromatic carbocycles. The van der Waals surface area contributed by atoms with Crippen LogP contribution in [-0.4, -0.2) is 17.6 Å². The van der Waals surface area contributed by atoms with E-state index in [1.807, 2.05) is 91.9 Å². The number of carbonyl (C=O) groups excluding carboxylic acids is 1. The number of thiazole rings is 1. The number of hydrogen-bond acceptors (Lipinski definition) is 6. The maximum absolute atomic E-state index is 13.8. The molecule has 38 heavy (non-hydrogen) atoms. The molecule has 0 spiro atoms. The minimum absolute atomic E-state index is 0.220. The first-order chi connectivity index (χ1) is 18.5. The molecule has 0 fully saturated rings. The predicted octanol–water partition coefficient (Wildman–Crippen LogP) is 5.14. The molecule has 1 atom stereocenters. The molecule has 0 saturated carbocycles. The molecule has 0 unspecified atom stereocenters. The van der Waals surface area contributed by atoms with Gasteiger partial charge >= 0.3 is 5.97 Å². The molecule has 1 aromatic heterocycles. The molecule has 0 radical (unpaired) electrons. The van der Waals surface area contributed by atoms with E-state index in [1.54, 1.807) is 4.57 Å². The molecule has 0 N–H and O–H groups in total. The van der Waals surface area contributed by atoms with Crippen molar-refractivity contribution in [2.45, 2.75) is 26.0 Å². The van der Waals surface area contributed by atoms with Crippen molar-refractivity contribution < 1.29 is 14.3 Å². The van der Waals surface area contributed by atoms with Crippen LogP contribution in [0, 0.1) is 0 Å². The van der Waals surface area contributed by atoms with Crippen LogP contribution in [0.3, 0.4) is 0 Å². The molecular formula is C30H25BrN2O4S. The minimum atomic E-state index is -0.624. The van der Waals surface area contributed by atoms with Crippen LogP contribution in [-0.2, 0) is 16.1 Å².